The van der Waals surface area contributed by atoms with Crippen LogP contribution >= 0.6 is 11.8 Å². The zero-order chi connectivity index (χ0) is 23.9. The summed E-state index contributed by atoms with van der Waals surface area (Å²) in [6, 6.07) is 5.88. The van der Waals surface area contributed by atoms with Gasteiger partial charge in [0.1, 0.15) is 0 Å². The van der Waals surface area contributed by atoms with Crippen LogP contribution in [0.5, 0.6) is 11.5 Å². The van der Waals surface area contributed by atoms with E-state index in [0.717, 1.165) is 61.7 Å². The number of methoxy groups -OCH3 is 1. The third-order valence-electron chi connectivity index (χ3n) is 5.62. The van der Waals surface area contributed by atoms with Crippen LogP contribution in [0.4, 0.5) is 0 Å². The third-order valence-corrected chi connectivity index (χ3v) is 6.67. The van der Waals surface area contributed by atoms with E-state index in [4.69, 9.17) is 14.5 Å². The number of carbonyl (C=O) groups is 1. The summed E-state index contributed by atoms with van der Waals surface area (Å²) in [5, 5.41) is 0.832. The van der Waals surface area contributed by atoms with Crippen LogP contribution in [0.1, 0.15) is 90.5 Å². The highest BCUT2D eigenvalue weighted by Crippen LogP contribution is 2.35. The van der Waals surface area contributed by atoms with E-state index in [9.17, 15) is 4.79 Å². The molecule has 1 amide bonds. The third kappa shape index (κ3) is 9.07. The number of amidine groups is 1. The maximum atomic E-state index is 13.0. The zero-order valence-corrected chi connectivity index (χ0v) is 21.8. The lowest BCUT2D eigenvalue weighted by Gasteiger charge is -2.14. The van der Waals surface area contributed by atoms with E-state index >= 15 is 0 Å². The minimum Gasteiger partial charge on any atom is -0.493 e. The van der Waals surface area contributed by atoms with Crippen molar-refractivity contribution in [3.8, 4) is 11.5 Å². The Morgan fingerprint density at radius 2 is 1.67 bits per heavy atom. The van der Waals surface area contributed by atoms with Crippen molar-refractivity contribution in [1.29, 1.82) is 0 Å². The summed E-state index contributed by atoms with van der Waals surface area (Å²) < 4.78 is 11.5. The van der Waals surface area contributed by atoms with Crippen molar-refractivity contribution in [2.75, 3.05) is 26.8 Å². The normalized spacial score (nSPS) is 16.2. The zero-order valence-electron chi connectivity index (χ0n) is 21.0. The van der Waals surface area contributed by atoms with Gasteiger partial charge in [0.15, 0.2) is 16.7 Å². The van der Waals surface area contributed by atoms with E-state index in [1.54, 1.807) is 7.11 Å². The molecule has 0 N–H and O–H groups in total. The lowest BCUT2D eigenvalue weighted by molar-refractivity contribution is -0.122. The largest absolute Gasteiger partial charge is 0.493 e. The van der Waals surface area contributed by atoms with Crippen LogP contribution in [0, 0.1) is 0 Å². The van der Waals surface area contributed by atoms with Crippen molar-refractivity contribution in [3.05, 3.63) is 28.7 Å². The highest BCUT2D eigenvalue weighted by molar-refractivity contribution is 8.18. The number of aliphatic imine (C=N–C) groups is 1. The summed E-state index contributed by atoms with van der Waals surface area (Å²) in [6.07, 6.45) is 13.5. The summed E-state index contributed by atoms with van der Waals surface area (Å²) in [7, 11) is 1.66. The maximum Gasteiger partial charge on any atom is 0.266 e. The van der Waals surface area contributed by atoms with Gasteiger partial charge in [0, 0.05) is 13.1 Å². The second-order valence-electron chi connectivity index (χ2n) is 8.47. The highest BCUT2D eigenvalue weighted by Gasteiger charge is 2.32. The number of hydrogen-bond donors (Lipinski definition) is 0. The van der Waals surface area contributed by atoms with Crippen molar-refractivity contribution < 1.29 is 14.3 Å². The topological polar surface area (TPSA) is 51.1 Å². The van der Waals surface area contributed by atoms with Crippen LogP contribution in [0.3, 0.4) is 0 Å². The quantitative estimate of drug-likeness (QED) is 0.186. The fraction of sp³-hybridized carbons (Fsp3) is 0.630. The summed E-state index contributed by atoms with van der Waals surface area (Å²) in [4.78, 5) is 20.3. The van der Waals surface area contributed by atoms with Gasteiger partial charge in [-0.25, -0.2) is 0 Å². The Kier molecular flexibility index (Phi) is 13.1. The molecule has 1 aromatic rings. The molecule has 1 heterocycles. The molecule has 0 unspecified atom stereocenters. The summed E-state index contributed by atoms with van der Waals surface area (Å²) in [5.74, 6) is 1.50. The number of unbranched alkanes of at least 4 members (excludes halogenated alkanes) is 7. The number of benzene rings is 1. The molecule has 1 aliphatic rings. The Morgan fingerprint density at radius 3 is 2.39 bits per heavy atom. The van der Waals surface area contributed by atoms with Gasteiger partial charge < -0.3 is 9.47 Å². The lowest BCUT2D eigenvalue weighted by Crippen LogP contribution is -2.30. The average Bonchev–Trinajstić information content (AvgIpc) is 3.11. The van der Waals surface area contributed by atoms with Crippen LogP contribution in [0.15, 0.2) is 28.1 Å². The van der Waals surface area contributed by atoms with Gasteiger partial charge in [0.2, 0.25) is 0 Å². The Hall–Kier alpha value is -1.95. The number of ether oxygens (including phenoxy) is 2. The summed E-state index contributed by atoms with van der Waals surface area (Å²) in [5.41, 5.74) is 0.930. The lowest BCUT2D eigenvalue weighted by atomic mass is 10.1. The molecule has 1 saturated heterocycles. The van der Waals surface area contributed by atoms with Crippen LogP contribution in [-0.2, 0) is 4.79 Å². The van der Waals surface area contributed by atoms with Gasteiger partial charge in [-0.1, -0.05) is 71.8 Å². The van der Waals surface area contributed by atoms with E-state index < -0.39 is 0 Å². The first-order valence-electron chi connectivity index (χ1n) is 12.7. The van der Waals surface area contributed by atoms with Gasteiger partial charge in [-0.2, -0.15) is 0 Å². The van der Waals surface area contributed by atoms with Gasteiger partial charge >= 0.3 is 0 Å². The fourth-order valence-electron chi connectivity index (χ4n) is 3.58. The Bertz CT molecular complexity index is 792. The second kappa shape index (κ2) is 15.8. The Morgan fingerprint density at radius 1 is 0.939 bits per heavy atom. The molecule has 0 bridgehead atoms. The first-order valence-corrected chi connectivity index (χ1v) is 13.5. The van der Waals surface area contributed by atoms with E-state index in [1.807, 2.05) is 29.2 Å². The molecule has 0 radical (unpaired) electrons. The molecule has 0 spiro atoms. The van der Waals surface area contributed by atoms with Crippen LogP contribution in [-0.4, -0.2) is 42.8 Å². The monoisotopic (exact) mass is 474 g/mol. The summed E-state index contributed by atoms with van der Waals surface area (Å²) in [6.45, 7) is 8.71. The first kappa shape index (κ1) is 27.3. The molecule has 6 heteroatoms. The number of amides is 1. The van der Waals surface area contributed by atoms with Gasteiger partial charge in [0.05, 0.1) is 18.6 Å². The van der Waals surface area contributed by atoms with Crippen LogP contribution in [0.25, 0.3) is 6.08 Å². The first-order chi connectivity index (χ1) is 16.1. The molecule has 0 atom stereocenters. The molecule has 0 aliphatic carbocycles. The molecule has 1 fully saturated rings. The van der Waals surface area contributed by atoms with Crippen molar-refractivity contribution in [3.63, 3.8) is 0 Å². The number of carbonyl (C=O) groups excluding carboxylic acids is 1. The van der Waals surface area contributed by atoms with E-state index in [1.165, 1.54) is 43.9 Å². The molecule has 33 heavy (non-hydrogen) atoms. The van der Waals surface area contributed by atoms with Gasteiger partial charge in [-0.05, 0) is 54.8 Å². The van der Waals surface area contributed by atoms with Gasteiger partial charge in [-0.3, -0.25) is 14.7 Å². The highest BCUT2D eigenvalue weighted by atomic mass is 32.2. The number of hydrogen-bond acceptors (Lipinski definition) is 5. The smallest absolute Gasteiger partial charge is 0.266 e. The molecule has 1 aliphatic heterocycles. The van der Waals surface area contributed by atoms with Crippen molar-refractivity contribution in [1.82, 2.24) is 4.90 Å². The Labute approximate surface area is 205 Å². The molecular formula is C27H42N2O3S. The minimum absolute atomic E-state index is 0.0473. The van der Waals surface area contributed by atoms with Crippen molar-refractivity contribution in [2.24, 2.45) is 4.99 Å². The molecule has 0 saturated carbocycles. The van der Waals surface area contributed by atoms with Gasteiger partial charge in [0.25, 0.3) is 5.91 Å². The SMILES string of the molecule is CCCCCCCCOc1ccc(/C=C2\SC(=NCCCC)N(CCCC)C2=O)cc1OC. The molecular weight excluding hydrogens is 432 g/mol. The fourth-order valence-corrected chi connectivity index (χ4v) is 4.61. The Balaban J connectivity index is 2.04. The molecule has 1 aromatic carbocycles. The molecule has 184 valence electrons. The van der Waals surface area contributed by atoms with Crippen LogP contribution in [0.2, 0.25) is 0 Å². The number of nitrogens with zero attached hydrogens (tertiary/aromatic N) is 2. The predicted octanol–water partition coefficient (Wildman–Crippen LogP) is 7.31. The summed E-state index contributed by atoms with van der Waals surface area (Å²) >= 11 is 1.48. The van der Waals surface area contributed by atoms with Crippen molar-refractivity contribution >= 4 is 28.9 Å². The second-order valence-corrected chi connectivity index (χ2v) is 9.47. The van der Waals surface area contributed by atoms with E-state index in [0.29, 0.717) is 17.3 Å². The van der Waals surface area contributed by atoms with Crippen LogP contribution < -0.4 is 9.47 Å². The standard InChI is InChI=1S/C27H42N2O3S/c1-5-8-11-12-13-14-19-32-23-16-15-22(20-24(23)31-4)21-25-26(30)29(18-10-7-3)27(33-25)28-17-9-6-2/h15-16,20-21H,5-14,17-19H2,1-4H3/b25-21-,28-27?. The minimum atomic E-state index is 0.0473. The van der Waals surface area contributed by atoms with Crippen molar-refractivity contribution in [2.45, 2.75) is 85.0 Å². The number of rotatable bonds is 16. The van der Waals surface area contributed by atoms with Gasteiger partial charge in [-0.15, -0.1) is 0 Å². The molecule has 0 aromatic heterocycles. The average molecular weight is 475 g/mol. The maximum absolute atomic E-state index is 13.0. The molecule has 5 nitrogen and oxygen atoms in total. The van der Waals surface area contributed by atoms with E-state index in [-0.39, 0.29) is 5.91 Å². The van der Waals surface area contributed by atoms with E-state index in [2.05, 4.69) is 20.8 Å². The number of thioether (sulfide) groups is 1. The molecule has 2 rings (SSSR count). The predicted molar refractivity (Wildman–Crippen MR) is 141 cm³/mol.